The highest BCUT2D eigenvalue weighted by atomic mass is 35.5. The van der Waals surface area contributed by atoms with E-state index in [0.717, 1.165) is 0 Å². The summed E-state index contributed by atoms with van der Waals surface area (Å²) in [5, 5.41) is 6.58. The number of urea groups is 1. The van der Waals surface area contributed by atoms with Crippen LogP contribution in [0.2, 0.25) is 5.02 Å². The zero-order valence-electron chi connectivity index (χ0n) is 15.1. The number of benzene rings is 2. The minimum absolute atomic E-state index is 0.165. The standard InChI is InChI=1S/C18H16ClF2N3O4/c1-8-4-16(28-3)15(7-14(8)22-9(2)25)23-18(27)24-17(26)10-5-12(20)13(21)6-11(10)19/h4-7H,1-3H3,(H,22,25)(H2,23,24,26,27). The van der Waals surface area contributed by atoms with Crippen LogP contribution in [-0.4, -0.2) is 25.0 Å². The van der Waals surface area contributed by atoms with Crippen LogP contribution < -0.4 is 20.7 Å². The van der Waals surface area contributed by atoms with Crippen molar-refractivity contribution in [2.45, 2.75) is 13.8 Å². The fraction of sp³-hybridized carbons (Fsp3) is 0.167. The highest BCUT2D eigenvalue weighted by Crippen LogP contribution is 2.31. The maximum absolute atomic E-state index is 13.3. The number of carbonyl (C=O) groups excluding carboxylic acids is 3. The van der Waals surface area contributed by atoms with Crippen LogP contribution >= 0.6 is 11.6 Å². The van der Waals surface area contributed by atoms with Gasteiger partial charge in [-0.15, -0.1) is 0 Å². The van der Waals surface area contributed by atoms with Crippen LogP contribution in [0.4, 0.5) is 25.0 Å². The van der Waals surface area contributed by atoms with Gasteiger partial charge in [0.2, 0.25) is 5.91 Å². The number of halogens is 3. The molecular weight excluding hydrogens is 396 g/mol. The molecule has 0 unspecified atom stereocenters. The van der Waals surface area contributed by atoms with Gasteiger partial charge in [-0.3, -0.25) is 14.9 Å². The molecule has 148 valence electrons. The summed E-state index contributed by atoms with van der Waals surface area (Å²) in [5.74, 6) is -3.57. The summed E-state index contributed by atoms with van der Waals surface area (Å²) in [6, 6.07) is 3.27. The van der Waals surface area contributed by atoms with E-state index in [4.69, 9.17) is 16.3 Å². The minimum atomic E-state index is -1.28. The van der Waals surface area contributed by atoms with Gasteiger partial charge in [-0.25, -0.2) is 13.6 Å². The number of hydrogen-bond donors (Lipinski definition) is 3. The number of hydrogen-bond acceptors (Lipinski definition) is 4. The molecule has 0 aliphatic carbocycles. The number of nitrogens with one attached hydrogen (secondary N) is 3. The molecule has 0 saturated heterocycles. The number of carbonyl (C=O) groups is 3. The Morgan fingerprint density at radius 1 is 1.00 bits per heavy atom. The summed E-state index contributed by atoms with van der Waals surface area (Å²) >= 11 is 5.71. The van der Waals surface area contributed by atoms with E-state index in [-0.39, 0.29) is 22.4 Å². The van der Waals surface area contributed by atoms with E-state index in [2.05, 4.69) is 10.6 Å². The molecule has 0 aliphatic heterocycles. The number of ether oxygens (including phenoxy) is 1. The van der Waals surface area contributed by atoms with E-state index in [0.29, 0.717) is 23.4 Å². The minimum Gasteiger partial charge on any atom is -0.495 e. The molecule has 7 nitrogen and oxygen atoms in total. The molecule has 0 aliphatic rings. The molecule has 2 aromatic carbocycles. The van der Waals surface area contributed by atoms with Crippen LogP contribution in [0.15, 0.2) is 24.3 Å². The highest BCUT2D eigenvalue weighted by Gasteiger charge is 2.18. The van der Waals surface area contributed by atoms with Gasteiger partial charge in [0, 0.05) is 12.6 Å². The van der Waals surface area contributed by atoms with Crippen LogP contribution in [-0.2, 0) is 4.79 Å². The lowest BCUT2D eigenvalue weighted by molar-refractivity contribution is -0.114. The molecule has 0 radical (unpaired) electrons. The van der Waals surface area contributed by atoms with Crippen LogP contribution in [0.1, 0.15) is 22.8 Å². The lowest BCUT2D eigenvalue weighted by Crippen LogP contribution is -2.34. The van der Waals surface area contributed by atoms with Crippen molar-refractivity contribution in [2.24, 2.45) is 0 Å². The third-order valence-electron chi connectivity index (χ3n) is 3.59. The van der Waals surface area contributed by atoms with Crippen molar-refractivity contribution in [3.05, 3.63) is 52.0 Å². The first-order valence-corrected chi connectivity index (χ1v) is 8.23. The van der Waals surface area contributed by atoms with Gasteiger partial charge in [0.15, 0.2) is 11.6 Å². The third kappa shape index (κ3) is 4.95. The Morgan fingerprint density at radius 2 is 1.64 bits per heavy atom. The van der Waals surface area contributed by atoms with E-state index < -0.39 is 29.1 Å². The number of anilines is 2. The zero-order valence-corrected chi connectivity index (χ0v) is 15.8. The van der Waals surface area contributed by atoms with Crippen molar-refractivity contribution in [1.29, 1.82) is 0 Å². The molecular formula is C18H16ClF2N3O4. The average Bonchev–Trinajstić information content (AvgIpc) is 2.60. The van der Waals surface area contributed by atoms with E-state index in [1.807, 2.05) is 5.32 Å². The van der Waals surface area contributed by atoms with Gasteiger partial charge in [0.25, 0.3) is 5.91 Å². The first-order chi connectivity index (χ1) is 13.1. The Balaban J connectivity index is 2.21. The maximum atomic E-state index is 13.3. The Labute approximate surface area is 164 Å². The summed E-state index contributed by atoms with van der Waals surface area (Å²) in [7, 11) is 1.38. The van der Waals surface area contributed by atoms with E-state index in [9.17, 15) is 23.2 Å². The predicted octanol–water partition coefficient (Wildman–Crippen LogP) is 3.86. The summed E-state index contributed by atoms with van der Waals surface area (Å²) in [6.07, 6.45) is 0. The molecule has 2 rings (SSSR count). The van der Waals surface area contributed by atoms with Crippen molar-refractivity contribution < 1.29 is 27.9 Å². The summed E-state index contributed by atoms with van der Waals surface area (Å²) in [5.41, 5.74) is 0.866. The fourth-order valence-electron chi connectivity index (χ4n) is 2.29. The molecule has 2 aromatic rings. The van der Waals surface area contributed by atoms with Gasteiger partial charge in [-0.1, -0.05) is 11.6 Å². The van der Waals surface area contributed by atoms with Gasteiger partial charge in [-0.05, 0) is 36.8 Å². The monoisotopic (exact) mass is 411 g/mol. The Bertz CT molecular complexity index is 966. The first kappa shape index (κ1) is 21.1. The van der Waals surface area contributed by atoms with E-state index in [1.165, 1.54) is 20.1 Å². The van der Waals surface area contributed by atoms with Crippen molar-refractivity contribution in [2.75, 3.05) is 17.7 Å². The lowest BCUT2D eigenvalue weighted by atomic mass is 10.1. The van der Waals surface area contributed by atoms with Gasteiger partial charge < -0.3 is 15.4 Å². The van der Waals surface area contributed by atoms with Gasteiger partial charge in [0.05, 0.1) is 23.4 Å². The molecule has 4 amide bonds. The van der Waals surface area contributed by atoms with Gasteiger partial charge >= 0.3 is 6.03 Å². The second kappa shape index (κ2) is 8.66. The zero-order chi connectivity index (χ0) is 21.0. The SMILES string of the molecule is COc1cc(C)c(NC(C)=O)cc1NC(=O)NC(=O)c1cc(F)c(F)cc1Cl. The van der Waals surface area contributed by atoms with E-state index in [1.54, 1.807) is 13.0 Å². The molecule has 0 saturated carbocycles. The molecule has 0 aromatic heterocycles. The van der Waals surface area contributed by atoms with Crippen molar-refractivity contribution >= 4 is 40.8 Å². The van der Waals surface area contributed by atoms with Crippen molar-refractivity contribution in [3.63, 3.8) is 0 Å². The number of aryl methyl sites for hydroxylation is 1. The first-order valence-electron chi connectivity index (χ1n) is 7.85. The maximum Gasteiger partial charge on any atom is 0.326 e. The number of imide groups is 1. The normalized spacial score (nSPS) is 10.2. The van der Waals surface area contributed by atoms with Crippen LogP contribution in [0.3, 0.4) is 0 Å². The Morgan fingerprint density at radius 3 is 2.25 bits per heavy atom. The molecule has 3 N–H and O–H groups in total. The quantitative estimate of drug-likeness (QED) is 0.666. The summed E-state index contributed by atoms with van der Waals surface area (Å²) in [4.78, 5) is 35.5. The molecule has 0 bridgehead atoms. The van der Waals surface area contributed by atoms with Crippen LogP contribution in [0.5, 0.6) is 5.75 Å². The average molecular weight is 412 g/mol. The molecule has 0 fully saturated rings. The molecule has 0 spiro atoms. The van der Waals surface area contributed by atoms with Crippen molar-refractivity contribution in [1.82, 2.24) is 5.32 Å². The largest absolute Gasteiger partial charge is 0.495 e. The topological polar surface area (TPSA) is 96.5 Å². The second-order valence-electron chi connectivity index (χ2n) is 5.70. The molecule has 0 atom stereocenters. The Kier molecular flexibility index (Phi) is 6.53. The fourth-order valence-corrected chi connectivity index (χ4v) is 2.53. The second-order valence-corrected chi connectivity index (χ2v) is 6.11. The highest BCUT2D eigenvalue weighted by molar-refractivity contribution is 6.34. The number of amides is 4. The van der Waals surface area contributed by atoms with Crippen LogP contribution in [0.25, 0.3) is 0 Å². The Hall–Kier alpha value is -3.20. The van der Waals surface area contributed by atoms with Gasteiger partial charge in [-0.2, -0.15) is 0 Å². The molecule has 0 heterocycles. The van der Waals surface area contributed by atoms with Crippen molar-refractivity contribution in [3.8, 4) is 5.75 Å². The van der Waals surface area contributed by atoms with Gasteiger partial charge in [0.1, 0.15) is 5.75 Å². The van der Waals surface area contributed by atoms with Crippen LogP contribution in [0, 0.1) is 18.6 Å². The molecule has 10 heteroatoms. The lowest BCUT2D eigenvalue weighted by Gasteiger charge is -2.15. The number of methoxy groups -OCH3 is 1. The summed E-state index contributed by atoms with van der Waals surface area (Å²) < 4.78 is 31.6. The number of rotatable bonds is 4. The van der Waals surface area contributed by atoms with E-state index >= 15 is 0 Å². The third-order valence-corrected chi connectivity index (χ3v) is 3.90. The molecule has 28 heavy (non-hydrogen) atoms. The smallest absolute Gasteiger partial charge is 0.326 e. The predicted molar refractivity (Wildman–Crippen MR) is 99.9 cm³/mol. The summed E-state index contributed by atoms with van der Waals surface area (Å²) in [6.45, 7) is 3.06.